The van der Waals surface area contributed by atoms with Crippen LogP contribution in [-0.4, -0.2) is 12.1 Å². The van der Waals surface area contributed by atoms with E-state index >= 15 is 0 Å². The SMILES string of the molecule is O=C(N/N=C\c1ccc(-c2ccc(Br)cc2)o1)c1ccc(Cl)cc1Cl. The Morgan fingerprint density at radius 1 is 1.08 bits per heavy atom. The highest BCUT2D eigenvalue weighted by atomic mass is 79.9. The Kier molecular flexibility index (Phi) is 5.58. The second kappa shape index (κ2) is 7.87. The molecule has 0 aliphatic heterocycles. The number of halogens is 3. The zero-order valence-electron chi connectivity index (χ0n) is 12.7. The largest absolute Gasteiger partial charge is 0.455 e. The fourth-order valence-electron chi connectivity index (χ4n) is 2.08. The van der Waals surface area contributed by atoms with E-state index in [1.807, 2.05) is 30.3 Å². The second-order valence-corrected chi connectivity index (χ2v) is 6.79. The van der Waals surface area contributed by atoms with Crippen molar-refractivity contribution in [1.82, 2.24) is 5.43 Å². The summed E-state index contributed by atoms with van der Waals surface area (Å²) in [5.74, 6) is 0.791. The van der Waals surface area contributed by atoms with Crippen molar-refractivity contribution in [3.8, 4) is 11.3 Å². The first-order valence-electron chi connectivity index (χ1n) is 7.17. The van der Waals surface area contributed by atoms with Crippen molar-refractivity contribution in [2.45, 2.75) is 0 Å². The summed E-state index contributed by atoms with van der Waals surface area (Å²) < 4.78 is 6.67. The lowest BCUT2D eigenvalue weighted by Crippen LogP contribution is -2.17. The van der Waals surface area contributed by atoms with Gasteiger partial charge in [-0.3, -0.25) is 4.79 Å². The maximum absolute atomic E-state index is 12.0. The number of amides is 1. The fraction of sp³-hybridized carbons (Fsp3) is 0. The van der Waals surface area contributed by atoms with Crippen LogP contribution in [0.4, 0.5) is 0 Å². The summed E-state index contributed by atoms with van der Waals surface area (Å²) in [4.78, 5) is 12.0. The van der Waals surface area contributed by atoms with E-state index in [0.717, 1.165) is 10.0 Å². The van der Waals surface area contributed by atoms with E-state index in [9.17, 15) is 4.79 Å². The fourth-order valence-corrected chi connectivity index (χ4v) is 2.84. The quantitative estimate of drug-likeness (QED) is 0.415. The van der Waals surface area contributed by atoms with Crippen LogP contribution in [-0.2, 0) is 0 Å². The molecular weight excluding hydrogens is 427 g/mol. The third-order valence-electron chi connectivity index (χ3n) is 3.29. The van der Waals surface area contributed by atoms with Gasteiger partial charge in [-0.15, -0.1) is 0 Å². The number of benzene rings is 2. The predicted molar refractivity (Wildman–Crippen MR) is 103 cm³/mol. The van der Waals surface area contributed by atoms with E-state index < -0.39 is 5.91 Å². The highest BCUT2D eigenvalue weighted by Gasteiger charge is 2.10. The van der Waals surface area contributed by atoms with Crippen LogP contribution in [0.25, 0.3) is 11.3 Å². The van der Waals surface area contributed by atoms with Gasteiger partial charge in [0.05, 0.1) is 16.8 Å². The van der Waals surface area contributed by atoms with Gasteiger partial charge in [-0.2, -0.15) is 5.10 Å². The van der Waals surface area contributed by atoms with Gasteiger partial charge in [-0.1, -0.05) is 51.3 Å². The minimum atomic E-state index is -0.433. The summed E-state index contributed by atoms with van der Waals surface area (Å²) in [6.07, 6.45) is 1.42. The molecule has 3 aromatic rings. The van der Waals surface area contributed by atoms with Crippen molar-refractivity contribution in [3.63, 3.8) is 0 Å². The first-order valence-corrected chi connectivity index (χ1v) is 8.72. The van der Waals surface area contributed by atoms with Crippen LogP contribution in [0.2, 0.25) is 10.0 Å². The first kappa shape index (κ1) is 17.7. The molecule has 7 heteroatoms. The van der Waals surface area contributed by atoms with Crippen molar-refractivity contribution in [2.24, 2.45) is 5.10 Å². The molecule has 0 atom stereocenters. The van der Waals surface area contributed by atoms with Gasteiger partial charge >= 0.3 is 0 Å². The average Bonchev–Trinajstić information content (AvgIpc) is 3.04. The van der Waals surface area contributed by atoms with Crippen molar-refractivity contribution < 1.29 is 9.21 Å². The molecule has 0 aliphatic carbocycles. The van der Waals surface area contributed by atoms with Crippen molar-refractivity contribution in [2.75, 3.05) is 0 Å². The zero-order valence-corrected chi connectivity index (χ0v) is 15.8. The summed E-state index contributed by atoms with van der Waals surface area (Å²) >= 11 is 15.2. The topological polar surface area (TPSA) is 54.6 Å². The van der Waals surface area contributed by atoms with Gasteiger partial charge < -0.3 is 4.42 Å². The van der Waals surface area contributed by atoms with E-state index in [4.69, 9.17) is 27.6 Å². The molecule has 1 N–H and O–H groups in total. The number of hydrogen-bond acceptors (Lipinski definition) is 3. The Balaban J connectivity index is 1.66. The van der Waals surface area contributed by atoms with Crippen LogP contribution in [0.5, 0.6) is 0 Å². The molecule has 0 fully saturated rings. The molecule has 25 heavy (non-hydrogen) atoms. The average molecular weight is 438 g/mol. The molecule has 1 aromatic heterocycles. The lowest BCUT2D eigenvalue weighted by atomic mass is 10.2. The lowest BCUT2D eigenvalue weighted by Gasteiger charge is -2.02. The Morgan fingerprint density at radius 2 is 1.84 bits per heavy atom. The summed E-state index contributed by atoms with van der Waals surface area (Å²) in [6, 6.07) is 16.0. The molecule has 0 aliphatic rings. The number of hydrogen-bond donors (Lipinski definition) is 1. The van der Waals surface area contributed by atoms with Gasteiger partial charge in [-0.25, -0.2) is 5.43 Å². The Labute approximate surface area is 162 Å². The maximum Gasteiger partial charge on any atom is 0.272 e. The number of carbonyl (C=O) groups excluding carboxylic acids is 1. The third-order valence-corrected chi connectivity index (χ3v) is 4.37. The number of rotatable bonds is 4. The van der Waals surface area contributed by atoms with Gasteiger partial charge in [0, 0.05) is 15.1 Å². The number of carbonyl (C=O) groups is 1. The molecule has 0 bridgehead atoms. The smallest absolute Gasteiger partial charge is 0.272 e. The van der Waals surface area contributed by atoms with Crippen molar-refractivity contribution in [1.29, 1.82) is 0 Å². The molecule has 0 saturated heterocycles. The molecule has 2 aromatic carbocycles. The van der Waals surface area contributed by atoms with E-state index in [0.29, 0.717) is 22.1 Å². The van der Waals surface area contributed by atoms with Crippen LogP contribution in [0.15, 0.2) is 68.6 Å². The number of nitrogens with one attached hydrogen (secondary N) is 1. The standard InChI is InChI=1S/C18H11BrCl2N2O2/c19-12-3-1-11(2-4-12)17-8-6-14(25-17)10-22-23-18(24)15-7-5-13(20)9-16(15)21/h1-10H,(H,23,24)/b22-10-. The highest BCUT2D eigenvalue weighted by molar-refractivity contribution is 9.10. The van der Waals surface area contributed by atoms with Gasteiger partial charge in [0.1, 0.15) is 11.5 Å². The third kappa shape index (κ3) is 4.51. The van der Waals surface area contributed by atoms with Crippen molar-refractivity contribution in [3.05, 3.63) is 80.4 Å². The Bertz CT molecular complexity index is 937. The monoisotopic (exact) mass is 436 g/mol. The predicted octanol–water partition coefficient (Wildman–Crippen LogP) is 5.78. The van der Waals surface area contributed by atoms with Gasteiger partial charge in [0.2, 0.25) is 0 Å². The summed E-state index contributed by atoms with van der Waals surface area (Å²) in [5, 5.41) is 4.60. The first-order chi connectivity index (χ1) is 12.0. The maximum atomic E-state index is 12.0. The molecule has 0 radical (unpaired) electrons. The molecule has 1 amide bonds. The molecule has 0 unspecified atom stereocenters. The van der Waals surface area contributed by atoms with Gasteiger partial charge in [0.25, 0.3) is 5.91 Å². The van der Waals surface area contributed by atoms with Crippen LogP contribution in [0.1, 0.15) is 16.1 Å². The van der Waals surface area contributed by atoms with E-state index in [1.165, 1.54) is 18.3 Å². The second-order valence-electron chi connectivity index (χ2n) is 5.03. The molecule has 3 rings (SSSR count). The highest BCUT2D eigenvalue weighted by Crippen LogP contribution is 2.23. The molecule has 0 saturated carbocycles. The minimum absolute atomic E-state index is 0.260. The Morgan fingerprint density at radius 3 is 2.56 bits per heavy atom. The van der Waals surface area contributed by atoms with Crippen LogP contribution < -0.4 is 5.43 Å². The lowest BCUT2D eigenvalue weighted by molar-refractivity contribution is 0.0955. The van der Waals surface area contributed by atoms with Gasteiger partial charge in [0.15, 0.2) is 0 Å². The van der Waals surface area contributed by atoms with Crippen LogP contribution in [0.3, 0.4) is 0 Å². The molecule has 0 spiro atoms. The minimum Gasteiger partial charge on any atom is -0.455 e. The molecule has 1 heterocycles. The van der Waals surface area contributed by atoms with Gasteiger partial charge in [-0.05, 0) is 42.5 Å². The van der Waals surface area contributed by atoms with Crippen LogP contribution >= 0.6 is 39.1 Å². The summed E-state index contributed by atoms with van der Waals surface area (Å²) in [6.45, 7) is 0. The number of hydrazone groups is 1. The van der Waals surface area contributed by atoms with E-state index in [1.54, 1.807) is 12.1 Å². The molecular formula is C18H11BrCl2N2O2. The van der Waals surface area contributed by atoms with Crippen molar-refractivity contribution >= 4 is 51.3 Å². The molecule has 126 valence electrons. The normalized spacial score (nSPS) is 11.0. The Hall–Kier alpha value is -2.08. The number of furan rings is 1. The number of nitrogens with zero attached hydrogens (tertiary/aromatic N) is 1. The zero-order chi connectivity index (χ0) is 17.8. The summed E-state index contributed by atoms with van der Waals surface area (Å²) in [7, 11) is 0. The summed E-state index contributed by atoms with van der Waals surface area (Å²) in [5.41, 5.74) is 3.64. The van der Waals surface area contributed by atoms with Crippen LogP contribution in [0, 0.1) is 0 Å². The van der Waals surface area contributed by atoms with E-state index in [2.05, 4.69) is 26.5 Å². The van der Waals surface area contributed by atoms with E-state index in [-0.39, 0.29) is 5.02 Å². The molecule has 4 nitrogen and oxygen atoms in total.